The second-order valence-electron chi connectivity index (χ2n) is 8.10. The van der Waals surface area contributed by atoms with Crippen molar-refractivity contribution in [2.75, 3.05) is 0 Å². The Bertz CT molecular complexity index is 1110. The van der Waals surface area contributed by atoms with E-state index < -0.39 is 0 Å². The van der Waals surface area contributed by atoms with Crippen molar-refractivity contribution < 1.29 is 4.39 Å². The first-order valence-electron chi connectivity index (χ1n) is 11.7. The molecule has 0 unspecified atom stereocenters. The van der Waals surface area contributed by atoms with Gasteiger partial charge in [0, 0.05) is 22.3 Å². The second kappa shape index (κ2) is 12.5. The van der Waals surface area contributed by atoms with Gasteiger partial charge in [0.15, 0.2) is 0 Å². The molecule has 0 aliphatic rings. The lowest BCUT2D eigenvalue weighted by Gasteiger charge is -2.04. The average molecular weight is 423 g/mol. The maximum Gasteiger partial charge on any atom is 0.127 e. The van der Waals surface area contributed by atoms with Crippen molar-refractivity contribution in [3.8, 4) is 23.7 Å². The molecule has 0 saturated carbocycles. The van der Waals surface area contributed by atoms with Gasteiger partial charge in [0.2, 0.25) is 0 Å². The summed E-state index contributed by atoms with van der Waals surface area (Å²) in [6.45, 7) is 4.35. The van der Waals surface area contributed by atoms with Gasteiger partial charge in [0.1, 0.15) is 5.82 Å². The van der Waals surface area contributed by atoms with Crippen LogP contribution in [-0.2, 0) is 12.8 Å². The van der Waals surface area contributed by atoms with E-state index in [1.165, 1.54) is 31.2 Å². The Morgan fingerprint density at radius 1 is 0.594 bits per heavy atom. The highest BCUT2D eigenvalue weighted by atomic mass is 19.1. The molecule has 0 nitrogen and oxygen atoms in total. The summed E-state index contributed by atoms with van der Waals surface area (Å²) in [7, 11) is 0. The van der Waals surface area contributed by atoms with E-state index in [1.807, 2.05) is 36.4 Å². The first-order chi connectivity index (χ1) is 15.7. The van der Waals surface area contributed by atoms with Crippen LogP contribution in [-0.4, -0.2) is 0 Å². The van der Waals surface area contributed by atoms with Gasteiger partial charge in [-0.05, 0) is 78.9 Å². The van der Waals surface area contributed by atoms with Crippen LogP contribution >= 0.6 is 0 Å². The molecule has 0 amide bonds. The molecular formula is C31H31F. The minimum atomic E-state index is -0.148. The van der Waals surface area contributed by atoms with E-state index in [4.69, 9.17) is 0 Å². The molecule has 32 heavy (non-hydrogen) atoms. The number of benzene rings is 3. The lowest BCUT2D eigenvalue weighted by Crippen LogP contribution is -1.92. The van der Waals surface area contributed by atoms with Crippen molar-refractivity contribution in [3.05, 3.63) is 106 Å². The van der Waals surface area contributed by atoms with Gasteiger partial charge in [-0.1, -0.05) is 81.4 Å². The minimum absolute atomic E-state index is 0.148. The van der Waals surface area contributed by atoms with Crippen molar-refractivity contribution in [2.24, 2.45) is 0 Å². The molecule has 0 bridgehead atoms. The molecule has 1 heteroatoms. The predicted octanol–water partition coefficient (Wildman–Crippen LogP) is 7.70. The summed E-state index contributed by atoms with van der Waals surface area (Å²) in [6.07, 6.45) is 7.77. The Hall–Kier alpha value is -3.29. The van der Waals surface area contributed by atoms with Crippen molar-refractivity contribution >= 4 is 0 Å². The Balaban J connectivity index is 1.58. The standard InChI is InChI=1S/C31H31F/c1-3-5-6-7-8-9-30-23-22-29(24-31(30)32)21-20-28-18-16-27(17-19-28)15-14-26-12-10-25(4-2)11-13-26/h10-13,16-19,22-24H,3-9H2,1-2H3. The molecule has 162 valence electrons. The highest BCUT2D eigenvalue weighted by Crippen LogP contribution is 2.14. The zero-order valence-corrected chi connectivity index (χ0v) is 19.2. The molecule has 0 aliphatic carbocycles. The third kappa shape index (κ3) is 7.44. The van der Waals surface area contributed by atoms with E-state index in [9.17, 15) is 4.39 Å². The normalized spacial score (nSPS) is 10.1. The monoisotopic (exact) mass is 422 g/mol. The smallest absolute Gasteiger partial charge is 0.127 e. The van der Waals surface area contributed by atoms with E-state index >= 15 is 0 Å². The lowest BCUT2D eigenvalue weighted by molar-refractivity contribution is 0.587. The molecule has 0 saturated heterocycles. The zero-order valence-electron chi connectivity index (χ0n) is 19.2. The maximum absolute atomic E-state index is 14.4. The molecule has 3 aromatic carbocycles. The molecule has 0 aliphatic heterocycles. The Kier molecular flexibility index (Phi) is 9.16. The molecular weight excluding hydrogens is 391 g/mol. The Labute approximate surface area is 192 Å². The van der Waals surface area contributed by atoms with Crippen molar-refractivity contribution in [1.82, 2.24) is 0 Å². The molecule has 0 radical (unpaired) electrons. The van der Waals surface area contributed by atoms with Crippen LogP contribution in [0.3, 0.4) is 0 Å². The summed E-state index contributed by atoms with van der Waals surface area (Å²) in [5.74, 6) is 12.4. The third-order valence-corrected chi connectivity index (χ3v) is 5.55. The highest BCUT2D eigenvalue weighted by Gasteiger charge is 2.03. The molecule has 0 heterocycles. The summed E-state index contributed by atoms with van der Waals surface area (Å²) < 4.78 is 14.4. The fourth-order valence-corrected chi connectivity index (χ4v) is 3.50. The highest BCUT2D eigenvalue weighted by molar-refractivity contribution is 5.48. The topological polar surface area (TPSA) is 0 Å². The number of hydrogen-bond donors (Lipinski definition) is 0. The van der Waals surface area contributed by atoms with Crippen LogP contribution in [0.25, 0.3) is 0 Å². The van der Waals surface area contributed by atoms with Gasteiger partial charge < -0.3 is 0 Å². The first-order valence-corrected chi connectivity index (χ1v) is 11.7. The van der Waals surface area contributed by atoms with Gasteiger partial charge in [-0.3, -0.25) is 0 Å². The molecule has 0 spiro atoms. The number of rotatable bonds is 7. The molecule has 3 aromatic rings. The first kappa shape index (κ1) is 23.4. The van der Waals surface area contributed by atoms with E-state index in [0.717, 1.165) is 41.5 Å². The lowest BCUT2D eigenvalue weighted by atomic mass is 10.0. The van der Waals surface area contributed by atoms with Crippen LogP contribution < -0.4 is 0 Å². The summed E-state index contributed by atoms with van der Waals surface area (Å²) in [5, 5.41) is 0. The molecule has 0 atom stereocenters. The van der Waals surface area contributed by atoms with Gasteiger partial charge in [0.25, 0.3) is 0 Å². The van der Waals surface area contributed by atoms with Gasteiger partial charge in [0.05, 0.1) is 0 Å². The van der Waals surface area contributed by atoms with E-state index in [2.05, 4.69) is 61.8 Å². The van der Waals surface area contributed by atoms with E-state index in [0.29, 0.717) is 5.56 Å². The molecule has 0 N–H and O–H groups in total. The maximum atomic E-state index is 14.4. The Morgan fingerprint density at radius 3 is 1.62 bits per heavy atom. The predicted molar refractivity (Wildman–Crippen MR) is 133 cm³/mol. The minimum Gasteiger partial charge on any atom is -0.207 e. The van der Waals surface area contributed by atoms with Crippen LogP contribution in [0.4, 0.5) is 4.39 Å². The number of unbranched alkanes of at least 4 members (excludes halogenated alkanes) is 4. The van der Waals surface area contributed by atoms with Crippen LogP contribution in [0.2, 0.25) is 0 Å². The summed E-state index contributed by atoms with van der Waals surface area (Å²) in [4.78, 5) is 0. The van der Waals surface area contributed by atoms with Crippen molar-refractivity contribution in [2.45, 2.75) is 58.8 Å². The van der Waals surface area contributed by atoms with E-state index in [1.54, 1.807) is 6.07 Å². The SMILES string of the molecule is CCCCCCCc1ccc(C#Cc2ccc(C#Cc3ccc(CC)cc3)cc2)cc1F. The van der Waals surface area contributed by atoms with Crippen molar-refractivity contribution in [3.63, 3.8) is 0 Å². The molecule has 0 fully saturated rings. The van der Waals surface area contributed by atoms with Crippen molar-refractivity contribution in [1.29, 1.82) is 0 Å². The number of halogens is 1. The van der Waals surface area contributed by atoms with Crippen LogP contribution in [0, 0.1) is 29.5 Å². The summed E-state index contributed by atoms with van der Waals surface area (Å²) in [5.41, 5.74) is 5.66. The van der Waals surface area contributed by atoms with Crippen LogP contribution in [0.1, 0.15) is 79.3 Å². The van der Waals surface area contributed by atoms with Gasteiger partial charge >= 0.3 is 0 Å². The van der Waals surface area contributed by atoms with Crippen LogP contribution in [0.15, 0.2) is 66.7 Å². The van der Waals surface area contributed by atoms with Crippen LogP contribution in [0.5, 0.6) is 0 Å². The number of hydrogen-bond acceptors (Lipinski definition) is 0. The summed E-state index contributed by atoms with van der Waals surface area (Å²) >= 11 is 0. The van der Waals surface area contributed by atoms with Gasteiger partial charge in [-0.2, -0.15) is 0 Å². The quantitative estimate of drug-likeness (QED) is 0.270. The number of aryl methyl sites for hydroxylation is 2. The van der Waals surface area contributed by atoms with E-state index in [-0.39, 0.29) is 5.82 Å². The molecule has 0 aromatic heterocycles. The third-order valence-electron chi connectivity index (χ3n) is 5.55. The second-order valence-corrected chi connectivity index (χ2v) is 8.10. The fourth-order valence-electron chi connectivity index (χ4n) is 3.50. The van der Waals surface area contributed by atoms with Gasteiger partial charge in [-0.15, -0.1) is 0 Å². The Morgan fingerprint density at radius 2 is 1.09 bits per heavy atom. The largest absolute Gasteiger partial charge is 0.207 e. The zero-order chi connectivity index (χ0) is 22.6. The van der Waals surface area contributed by atoms with Gasteiger partial charge in [-0.25, -0.2) is 4.39 Å². The molecule has 3 rings (SSSR count). The average Bonchev–Trinajstić information content (AvgIpc) is 2.83. The fraction of sp³-hybridized carbons (Fsp3) is 0.290. The summed E-state index contributed by atoms with van der Waals surface area (Å²) in [6, 6.07) is 21.6.